The first-order valence-corrected chi connectivity index (χ1v) is 6.35. The highest BCUT2D eigenvalue weighted by atomic mass is 16.5. The molecule has 0 spiro atoms. The Morgan fingerprint density at radius 2 is 2.00 bits per heavy atom. The lowest BCUT2D eigenvalue weighted by molar-refractivity contribution is -0.136. The molecular weight excluding hydrogens is 272 g/mol. The Hall–Kier alpha value is -2.82. The van der Waals surface area contributed by atoms with Gasteiger partial charge in [-0.15, -0.1) is 0 Å². The number of para-hydroxylation sites is 1. The van der Waals surface area contributed by atoms with Crippen LogP contribution in [0.2, 0.25) is 0 Å². The third kappa shape index (κ3) is 2.12. The summed E-state index contributed by atoms with van der Waals surface area (Å²) < 4.78 is 11.0. The van der Waals surface area contributed by atoms with Crippen molar-refractivity contribution in [2.24, 2.45) is 0 Å². The number of carboxylic acid groups (broad SMARTS) is 1. The molecule has 0 aliphatic rings. The van der Waals surface area contributed by atoms with Gasteiger partial charge >= 0.3 is 5.97 Å². The molecule has 0 fully saturated rings. The second-order valence-electron chi connectivity index (χ2n) is 4.63. The van der Waals surface area contributed by atoms with E-state index in [0.717, 1.165) is 0 Å². The molecule has 0 atom stereocenters. The van der Waals surface area contributed by atoms with Gasteiger partial charge in [0.1, 0.15) is 22.3 Å². The zero-order chi connectivity index (χ0) is 15.0. The summed E-state index contributed by atoms with van der Waals surface area (Å²) >= 11 is 0. The second-order valence-corrected chi connectivity index (χ2v) is 4.63. The molecule has 3 rings (SSSR count). The molecule has 0 saturated carbocycles. The Bertz CT molecular complexity index is 908. The molecule has 0 radical (unpaired) electrons. The third-order valence-corrected chi connectivity index (χ3v) is 3.33. The number of benzene rings is 2. The molecule has 1 heterocycles. The number of aliphatic carboxylic acids is 1. The van der Waals surface area contributed by atoms with Crippen LogP contribution < -0.4 is 10.2 Å². The van der Waals surface area contributed by atoms with E-state index in [2.05, 4.69) is 0 Å². The number of carboxylic acids is 1. The van der Waals surface area contributed by atoms with Gasteiger partial charge in [-0.25, -0.2) is 0 Å². The SMILES string of the molecule is COc1cccc2oc3c(CC(=O)O)cccc3c(=O)c12. The number of hydrogen-bond donors (Lipinski definition) is 1. The highest BCUT2D eigenvalue weighted by Gasteiger charge is 2.15. The van der Waals surface area contributed by atoms with Gasteiger partial charge in [-0.2, -0.15) is 0 Å². The highest BCUT2D eigenvalue weighted by molar-refractivity contribution is 5.95. The van der Waals surface area contributed by atoms with Crippen LogP contribution >= 0.6 is 0 Å². The van der Waals surface area contributed by atoms with E-state index >= 15 is 0 Å². The van der Waals surface area contributed by atoms with Gasteiger partial charge in [-0.1, -0.05) is 18.2 Å². The fraction of sp³-hybridized carbons (Fsp3) is 0.125. The van der Waals surface area contributed by atoms with Crippen molar-refractivity contribution in [1.82, 2.24) is 0 Å². The van der Waals surface area contributed by atoms with Crippen LogP contribution in [0.15, 0.2) is 45.6 Å². The standard InChI is InChI=1S/C16H12O5/c1-20-11-6-3-7-12-14(11)15(19)10-5-2-4-9(8-13(17)18)16(10)21-12/h2-7H,8H2,1H3,(H,17,18). The second kappa shape index (κ2) is 4.94. The molecule has 1 N–H and O–H groups in total. The van der Waals surface area contributed by atoms with Crippen molar-refractivity contribution in [2.75, 3.05) is 7.11 Å². The molecule has 106 valence electrons. The molecule has 1 aromatic heterocycles. The topological polar surface area (TPSA) is 76.7 Å². The van der Waals surface area contributed by atoms with Crippen molar-refractivity contribution >= 4 is 27.9 Å². The van der Waals surface area contributed by atoms with Gasteiger partial charge in [0.25, 0.3) is 0 Å². The zero-order valence-electron chi connectivity index (χ0n) is 11.3. The van der Waals surface area contributed by atoms with Crippen LogP contribution in [0, 0.1) is 0 Å². The summed E-state index contributed by atoms with van der Waals surface area (Å²) in [6.45, 7) is 0. The normalized spacial score (nSPS) is 10.9. The summed E-state index contributed by atoms with van der Waals surface area (Å²) in [5, 5.41) is 9.66. The van der Waals surface area contributed by atoms with E-state index in [4.69, 9.17) is 14.3 Å². The number of fused-ring (bicyclic) bond motifs is 2. The van der Waals surface area contributed by atoms with Gasteiger partial charge in [-0.3, -0.25) is 9.59 Å². The molecule has 0 aliphatic carbocycles. The van der Waals surface area contributed by atoms with Gasteiger partial charge in [-0.05, 0) is 18.2 Å². The molecule has 0 aliphatic heterocycles. The highest BCUT2D eigenvalue weighted by Crippen LogP contribution is 2.27. The van der Waals surface area contributed by atoms with Crippen molar-refractivity contribution < 1.29 is 19.1 Å². The molecule has 5 heteroatoms. The van der Waals surface area contributed by atoms with Crippen LogP contribution in [-0.2, 0) is 11.2 Å². The Labute approximate surface area is 119 Å². The number of ether oxygens (including phenoxy) is 1. The van der Waals surface area contributed by atoms with E-state index in [0.29, 0.717) is 33.3 Å². The molecule has 3 aromatic rings. The lowest BCUT2D eigenvalue weighted by Gasteiger charge is -2.08. The summed E-state index contributed by atoms with van der Waals surface area (Å²) in [5.41, 5.74) is 0.938. The summed E-state index contributed by atoms with van der Waals surface area (Å²) in [4.78, 5) is 23.5. The maximum absolute atomic E-state index is 12.6. The molecule has 0 amide bonds. The summed E-state index contributed by atoms with van der Waals surface area (Å²) in [5.74, 6) is -0.539. The summed E-state index contributed by atoms with van der Waals surface area (Å²) in [6, 6.07) is 9.99. The minimum Gasteiger partial charge on any atom is -0.496 e. The van der Waals surface area contributed by atoms with Gasteiger partial charge in [0.05, 0.1) is 18.9 Å². The molecule has 5 nitrogen and oxygen atoms in total. The maximum Gasteiger partial charge on any atom is 0.307 e. The van der Waals surface area contributed by atoms with E-state index in [-0.39, 0.29) is 11.8 Å². The smallest absolute Gasteiger partial charge is 0.307 e. The van der Waals surface area contributed by atoms with E-state index in [1.165, 1.54) is 7.11 Å². The largest absolute Gasteiger partial charge is 0.496 e. The van der Waals surface area contributed by atoms with Crippen molar-refractivity contribution in [2.45, 2.75) is 6.42 Å². The first-order valence-electron chi connectivity index (χ1n) is 6.35. The average Bonchev–Trinajstić information content (AvgIpc) is 2.47. The number of hydrogen-bond acceptors (Lipinski definition) is 4. The number of rotatable bonds is 3. The van der Waals surface area contributed by atoms with E-state index in [1.807, 2.05) is 0 Å². The number of methoxy groups -OCH3 is 1. The van der Waals surface area contributed by atoms with Crippen molar-refractivity contribution in [3.05, 3.63) is 52.2 Å². The Morgan fingerprint density at radius 1 is 1.24 bits per heavy atom. The molecule has 0 unspecified atom stereocenters. The first kappa shape index (κ1) is 13.2. The van der Waals surface area contributed by atoms with Gasteiger partial charge < -0.3 is 14.3 Å². The van der Waals surface area contributed by atoms with Crippen molar-refractivity contribution in [3.8, 4) is 5.75 Å². The lowest BCUT2D eigenvalue weighted by Crippen LogP contribution is -2.07. The van der Waals surface area contributed by atoms with Crippen LogP contribution in [0.1, 0.15) is 5.56 Å². The van der Waals surface area contributed by atoms with Crippen molar-refractivity contribution in [1.29, 1.82) is 0 Å². The molecular formula is C16H12O5. The van der Waals surface area contributed by atoms with Gasteiger partial charge in [0.2, 0.25) is 5.43 Å². The fourth-order valence-corrected chi connectivity index (χ4v) is 2.42. The van der Waals surface area contributed by atoms with Crippen LogP contribution in [0.5, 0.6) is 5.75 Å². The van der Waals surface area contributed by atoms with Crippen LogP contribution in [0.4, 0.5) is 0 Å². The molecule has 21 heavy (non-hydrogen) atoms. The van der Waals surface area contributed by atoms with Crippen molar-refractivity contribution in [3.63, 3.8) is 0 Å². The van der Waals surface area contributed by atoms with Crippen LogP contribution in [0.3, 0.4) is 0 Å². The zero-order valence-corrected chi connectivity index (χ0v) is 11.3. The van der Waals surface area contributed by atoms with E-state index in [1.54, 1.807) is 36.4 Å². The predicted octanol–water partition coefficient (Wildman–Crippen LogP) is 2.58. The van der Waals surface area contributed by atoms with Gasteiger partial charge in [0.15, 0.2) is 0 Å². The molecule has 0 bridgehead atoms. The minimum atomic E-state index is -0.976. The van der Waals surface area contributed by atoms with E-state index in [9.17, 15) is 9.59 Å². The van der Waals surface area contributed by atoms with Crippen LogP contribution in [0.25, 0.3) is 21.9 Å². The monoisotopic (exact) mass is 284 g/mol. The quantitative estimate of drug-likeness (QED) is 0.748. The Kier molecular flexibility index (Phi) is 3.10. The Morgan fingerprint density at radius 3 is 2.71 bits per heavy atom. The fourth-order valence-electron chi connectivity index (χ4n) is 2.42. The molecule has 0 saturated heterocycles. The van der Waals surface area contributed by atoms with E-state index < -0.39 is 5.97 Å². The van der Waals surface area contributed by atoms with Crippen LogP contribution in [-0.4, -0.2) is 18.2 Å². The van der Waals surface area contributed by atoms with Gasteiger partial charge in [0, 0.05) is 5.56 Å². The summed E-state index contributed by atoms with van der Waals surface area (Å²) in [7, 11) is 1.49. The Balaban J connectivity index is 2.44. The minimum absolute atomic E-state index is 0.199. The summed E-state index contributed by atoms with van der Waals surface area (Å²) in [6.07, 6.45) is -0.199. The first-order chi connectivity index (χ1) is 10.1. The third-order valence-electron chi connectivity index (χ3n) is 3.33. The number of carbonyl (C=O) groups is 1. The maximum atomic E-state index is 12.6. The predicted molar refractivity (Wildman–Crippen MR) is 77.9 cm³/mol. The lowest BCUT2D eigenvalue weighted by atomic mass is 10.1. The molecule has 2 aromatic carbocycles. The average molecular weight is 284 g/mol.